The van der Waals surface area contributed by atoms with Crippen LogP contribution in [-0.2, 0) is 4.79 Å². The first-order chi connectivity index (χ1) is 5.01. The van der Waals surface area contributed by atoms with E-state index in [1.807, 2.05) is 0 Å². The number of aliphatic carboxylic acids is 1. The first kappa shape index (κ1) is 8.53. The van der Waals surface area contributed by atoms with E-state index < -0.39 is 5.97 Å². The first-order valence-corrected chi connectivity index (χ1v) is 3.95. The zero-order chi connectivity index (χ0) is 8.48. The Morgan fingerprint density at radius 2 is 2.27 bits per heavy atom. The maximum absolute atomic E-state index is 10.6. The fourth-order valence-electron chi connectivity index (χ4n) is 1.57. The molecule has 1 aliphatic rings. The number of carboxylic acid groups (broad SMARTS) is 1. The van der Waals surface area contributed by atoms with Crippen LogP contribution in [0, 0.1) is 11.3 Å². The SMILES string of the molecule is CC1(C)CNCC(C(=O)O)C1. The van der Waals surface area contributed by atoms with Crippen molar-refractivity contribution in [3.8, 4) is 0 Å². The summed E-state index contributed by atoms with van der Waals surface area (Å²) in [5.74, 6) is -0.871. The van der Waals surface area contributed by atoms with E-state index >= 15 is 0 Å². The van der Waals surface area contributed by atoms with Crippen molar-refractivity contribution in [1.82, 2.24) is 5.32 Å². The lowest BCUT2D eigenvalue weighted by molar-refractivity contribution is -0.143. The largest absolute Gasteiger partial charge is 0.481 e. The minimum Gasteiger partial charge on any atom is -0.481 e. The molecule has 1 aliphatic heterocycles. The fourth-order valence-corrected chi connectivity index (χ4v) is 1.57. The second-order valence-electron chi connectivity index (χ2n) is 4.03. The minimum atomic E-state index is -0.676. The number of piperidine rings is 1. The summed E-state index contributed by atoms with van der Waals surface area (Å²) in [6.07, 6.45) is 0.787. The predicted molar refractivity (Wildman–Crippen MR) is 42.4 cm³/mol. The number of carbonyl (C=O) groups is 1. The van der Waals surface area contributed by atoms with Gasteiger partial charge in [-0.15, -0.1) is 0 Å². The standard InChI is InChI=1S/C8H15NO2/c1-8(2)3-6(7(10)11)4-9-5-8/h6,9H,3-5H2,1-2H3,(H,10,11). The van der Waals surface area contributed by atoms with Crippen molar-refractivity contribution in [2.75, 3.05) is 13.1 Å². The van der Waals surface area contributed by atoms with Crippen LogP contribution in [0.4, 0.5) is 0 Å². The summed E-state index contributed by atoms with van der Waals surface area (Å²) < 4.78 is 0. The molecule has 0 radical (unpaired) electrons. The zero-order valence-electron chi connectivity index (χ0n) is 7.05. The third-order valence-electron chi connectivity index (χ3n) is 2.14. The quantitative estimate of drug-likeness (QED) is 0.589. The molecule has 0 aliphatic carbocycles. The molecule has 11 heavy (non-hydrogen) atoms. The van der Waals surface area contributed by atoms with Gasteiger partial charge in [-0.3, -0.25) is 4.79 Å². The fraction of sp³-hybridized carbons (Fsp3) is 0.875. The highest BCUT2D eigenvalue weighted by Gasteiger charge is 2.31. The molecule has 0 aromatic heterocycles. The van der Waals surface area contributed by atoms with E-state index in [-0.39, 0.29) is 11.3 Å². The number of carboxylic acids is 1. The lowest BCUT2D eigenvalue weighted by Gasteiger charge is -2.33. The Morgan fingerprint density at radius 1 is 1.64 bits per heavy atom. The third kappa shape index (κ3) is 2.19. The molecule has 1 unspecified atom stereocenters. The molecule has 1 heterocycles. The van der Waals surface area contributed by atoms with Crippen molar-refractivity contribution < 1.29 is 9.90 Å². The first-order valence-electron chi connectivity index (χ1n) is 3.95. The van der Waals surface area contributed by atoms with Crippen molar-refractivity contribution in [3.63, 3.8) is 0 Å². The molecule has 1 rings (SSSR count). The van der Waals surface area contributed by atoms with Crippen molar-refractivity contribution in [2.45, 2.75) is 20.3 Å². The van der Waals surface area contributed by atoms with Crippen molar-refractivity contribution in [2.24, 2.45) is 11.3 Å². The summed E-state index contributed by atoms with van der Waals surface area (Å²) in [5, 5.41) is 11.9. The van der Waals surface area contributed by atoms with Crippen LogP contribution in [0.25, 0.3) is 0 Å². The number of hydrogen-bond donors (Lipinski definition) is 2. The average Bonchev–Trinajstić information content (AvgIpc) is 1.85. The highest BCUT2D eigenvalue weighted by atomic mass is 16.4. The topological polar surface area (TPSA) is 49.3 Å². The molecule has 3 heteroatoms. The molecule has 0 spiro atoms. The number of hydrogen-bond acceptors (Lipinski definition) is 2. The van der Waals surface area contributed by atoms with Crippen LogP contribution >= 0.6 is 0 Å². The summed E-state index contributed by atoms with van der Waals surface area (Å²) in [5.41, 5.74) is 0.140. The van der Waals surface area contributed by atoms with Crippen LogP contribution in [0.3, 0.4) is 0 Å². The Bertz CT molecular complexity index is 165. The highest BCUT2D eigenvalue weighted by Crippen LogP contribution is 2.27. The third-order valence-corrected chi connectivity index (χ3v) is 2.14. The van der Waals surface area contributed by atoms with Crippen LogP contribution in [0.5, 0.6) is 0 Å². The van der Waals surface area contributed by atoms with Gasteiger partial charge in [0.1, 0.15) is 0 Å². The summed E-state index contributed by atoms with van der Waals surface area (Å²) in [6.45, 7) is 5.74. The monoisotopic (exact) mass is 157 g/mol. The van der Waals surface area contributed by atoms with Gasteiger partial charge in [0, 0.05) is 13.1 Å². The highest BCUT2D eigenvalue weighted by molar-refractivity contribution is 5.70. The Kier molecular flexibility index (Phi) is 2.18. The Balaban J connectivity index is 2.53. The van der Waals surface area contributed by atoms with E-state index in [9.17, 15) is 4.79 Å². The van der Waals surface area contributed by atoms with Gasteiger partial charge >= 0.3 is 5.97 Å². The predicted octanol–water partition coefficient (Wildman–Crippen LogP) is 0.707. The molecule has 64 valence electrons. The lowest BCUT2D eigenvalue weighted by atomic mass is 9.80. The molecule has 2 N–H and O–H groups in total. The maximum Gasteiger partial charge on any atom is 0.307 e. The van der Waals surface area contributed by atoms with E-state index in [2.05, 4.69) is 19.2 Å². The molecule has 1 saturated heterocycles. The van der Waals surface area contributed by atoms with E-state index in [1.165, 1.54) is 0 Å². The van der Waals surface area contributed by atoms with Crippen LogP contribution in [0.1, 0.15) is 20.3 Å². The molecule has 0 amide bonds. The van der Waals surface area contributed by atoms with Crippen molar-refractivity contribution in [1.29, 1.82) is 0 Å². The smallest absolute Gasteiger partial charge is 0.307 e. The van der Waals surface area contributed by atoms with Gasteiger partial charge in [-0.25, -0.2) is 0 Å². The van der Waals surface area contributed by atoms with Crippen LogP contribution < -0.4 is 5.32 Å². The molecule has 1 atom stereocenters. The number of rotatable bonds is 1. The van der Waals surface area contributed by atoms with E-state index in [1.54, 1.807) is 0 Å². The van der Waals surface area contributed by atoms with Crippen LogP contribution in [0.15, 0.2) is 0 Å². The number of nitrogens with one attached hydrogen (secondary N) is 1. The molecule has 0 aromatic carbocycles. The van der Waals surface area contributed by atoms with Crippen molar-refractivity contribution >= 4 is 5.97 Å². The molecule has 0 aromatic rings. The average molecular weight is 157 g/mol. The molecule has 0 saturated carbocycles. The Hall–Kier alpha value is -0.570. The van der Waals surface area contributed by atoms with Gasteiger partial charge in [0.25, 0.3) is 0 Å². The van der Waals surface area contributed by atoms with Crippen molar-refractivity contribution in [3.05, 3.63) is 0 Å². The second kappa shape index (κ2) is 2.81. The lowest BCUT2D eigenvalue weighted by Crippen LogP contribution is -2.43. The second-order valence-corrected chi connectivity index (χ2v) is 4.03. The normalized spacial score (nSPS) is 29.8. The molecular formula is C8H15NO2. The van der Waals surface area contributed by atoms with Gasteiger partial charge in [-0.2, -0.15) is 0 Å². The summed E-state index contributed by atoms with van der Waals surface area (Å²) in [4.78, 5) is 10.6. The molecule has 1 fully saturated rings. The summed E-state index contributed by atoms with van der Waals surface area (Å²) in [6, 6.07) is 0. The van der Waals surface area contributed by atoms with E-state index in [4.69, 9.17) is 5.11 Å². The zero-order valence-corrected chi connectivity index (χ0v) is 7.05. The van der Waals surface area contributed by atoms with E-state index in [0.717, 1.165) is 13.0 Å². The van der Waals surface area contributed by atoms with Gasteiger partial charge < -0.3 is 10.4 Å². The van der Waals surface area contributed by atoms with Gasteiger partial charge in [0.05, 0.1) is 5.92 Å². The minimum absolute atomic E-state index is 0.140. The van der Waals surface area contributed by atoms with Crippen LogP contribution in [-0.4, -0.2) is 24.2 Å². The summed E-state index contributed by atoms with van der Waals surface area (Å²) in [7, 11) is 0. The van der Waals surface area contributed by atoms with Gasteiger partial charge in [-0.05, 0) is 11.8 Å². The maximum atomic E-state index is 10.6. The summed E-state index contributed by atoms with van der Waals surface area (Å²) >= 11 is 0. The molecule has 3 nitrogen and oxygen atoms in total. The van der Waals surface area contributed by atoms with Gasteiger partial charge in [0.15, 0.2) is 0 Å². The van der Waals surface area contributed by atoms with Gasteiger partial charge in [0.2, 0.25) is 0 Å². The molecular weight excluding hydrogens is 142 g/mol. The van der Waals surface area contributed by atoms with Gasteiger partial charge in [-0.1, -0.05) is 13.8 Å². The molecule has 0 bridgehead atoms. The Labute approximate surface area is 66.8 Å². The Morgan fingerprint density at radius 3 is 2.64 bits per heavy atom. The van der Waals surface area contributed by atoms with E-state index in [0.29, 0.717) is 6.54 Å². The van der Waals surface area contributed by atoms with Crippen LogP contribution in [0.2, 0.25) is 0 Å².